The third kappa shape index (κ3) is 1.34. The van der Waals surface area contributed by atoms with E-state index in [1.54, 1.807) is 6.20 Å². The maximum Gasteiger partial charge on any atom is 0.311 e. The Bertz CT molecular complexity index is 471. The lowest BCUT2D eigenvalue weighted by atomic mass is 10.3. The van der Waals surface area contributed by atoms with Gasteiger partial charge in [-0.3, -0.25) is 4.79 Å². The van der Waals surface area contributed by atoms with Gasteiger partial charge < -0.3 is 10.1 Å². The molecule has 6 heteroatoms. The molecule has 74 valence electrons. The first-order valence-corrected chi connectivity index (χ1v) is 4.34. The lowest BCUT2D eigenvalue weighted by Gasteiger charge is -1.87. The van der Waals surface area contributed by atoms with Crippen LogP contribution in [0.15, 0.2) is 6.20 Å². The Morgan fingerprint density at radius 1 is 1.71 bits per heavy atom. The number of nitrogens with one attached hydrogen (secondary N) is 1. The van der Waals surface area contributed by atoms with E-state index in [1.807, 2.05) is 6.92 Å². The van der Waals surface area contributed by atoms with Crippen LogP contribution in [0.4, 0.5) is 0 Å². The second-order valence-electron chi connectivity index (χ2n) is 3.00. The van der Waals surface area contributed by atoms with Crippen molar-refractivity contribution in [2.24, 2.45) is 0 Å². The Morgan fingerprint density at radius 3 is 3.14 bits per heavy atom. The summed E-state index contributed by atoms with van der Waals surface area (Å²) >= 11 is 0. The van der Waals surface area contributed by atoms with E-state index in [-0.39, 0.29) is 6.42 Å². The molecule has 0 aromatic carbocycles. The van der Waals surface area contributed by atoms with E-state index < -0.39 is 5.97 Å². The molecule has 2 aromatic heterocycles. The lowest BCUT2D eigenvalue weighted by molar-refractivity contribution is -0.136. The first-order chi connectivity index (χ1) is 6.70. The van der Waals surface area contributed by atoms with E-state index in [1.165, 1.54) is 4.63 Å². The summed E-state index contributed by atoms with van der Waals surface area (Å²) < 4.78 is 1.43. The molecular weight excluding hydrogens is 184 g/mol. The number of aromatic amines is 1. The molecule has 2 heterocycles. The van der Waals surface area contributed by atoms with Gasteiger partial charge in [-0.1, -0.05) is 6.92 Å². The van der Waals surface area contributed by atoms with Crippen LogP contribution < -0.4 is 0 Å². The topological polar surface area (TPSA) is 83.3 Å². The molecule has 0 amide bonds. The highest BCUT2D eigenvalue weighted by Crippen LogP contribution is 2.08. The number of carbonyl (C=O) groups is 1. The van der Waals surface area contributed by atoms with Crippen LogP contribution in [0, 0.1) is 0 Å². The van der Waals surface area contributed by atoms with Crippen LogP contribution in [-0.4, -0.2) is 30.9 Å². The fourth-order valence-electron chi connectivity index (χ4n) is 1.34. The van der Waals surface area contributed by atoms with Crippen molar-refractivity contribution >= 4 is 11.6 Å². The van der Waals surface area contributed by atoms with Gasteiger partial charge in [0.2, 0.25) is 0 Å². The van der Waals surface area contributed by atoms with Crippen LogP contribution in [0.1, 0.15) is 18.3 Å². The highest BCUT2D eigenvalue weighted by atomic mass is 16.4. The molecule has 0 radical (unpaired) electrons. The van der Waals surface area contributed by atoms with Crippen molar-refractivity contribution < 1.29 is 9.90 Å². The van der Waals surface area contributed by atoms with E-state index >= 15 is 0 Å². The summed E-state index contributed by atoms with van der Waals surface area (Å²) in [4.78, 5) is 13.4. The van der Waals surface area contributed by atoms with E-state index in [0.717, 1.165) is 17.6 Å². The zero-order valence-corrected chi connectivity index (χ0v) is 7.69. The third-order valence-electron chi connectivity index (χ3n) is 2.00. The van der Waals surface area contributed by atoms with Crippen LogP contribution in [0.5, 0.6) is 0 Å². The van der Waals surface area contributed by atoms with Gasteiger partial charge in [-0.15, -0.1) is 9.73 Å². The summed E-state index contributed by atoms with van der Waals surface area (Å²) in [6.07, 6.45) is 2.47. The van der Waals surface area contributed by atoms with Crippen LogP contribution in [0.3, 0.4) is 0 Å². The molecule has 2 aromatic rings. The number of aliphatic carboxylic acids is 1. The molecule has 0 aliphatic rings. The summed E-state index contributed by atoms with van der Waals surface area (Å²) in [5.74, 6) is -0.477. The van der Waals surface area contributed by atoms with E-state index in [4.69, 9.17) is 5.11 Å². The molecule has 0 atom stereocenters. The highest BCUT2D eigenvalue weighted by molar-refractivity contribution is 5.69. The number of carboxylic acid groups (broad SMARTS) is 1. The number of aromatic nitrogens is 4. The maximum atomic E-state index is 10.4. The average molecular weight is 194 g/mol. The minimum absolute atomic E-state index is 0.105. The van der Waals surface area contributed by atoms with Gasteiger partial charge in [0.25, 0.3) is 0 Å². The van der Waals surface area contributed by atoms with E-state index in [2.05, 4.69) is 15.2 Å². The summed E-state index contributed by atoms with van der Waals surface area (Å²) in [7, 11) is 0. The Balaban J connectivity index is 2.41. The second kappa shape index (κ2) is 3.13. The Kier molecular flexibility index (Phi) is 1.95. The predicted octanol–water partition coefficient (Wildman–Crippen LogP) is 0.247. The summed E-state index contributed by atoms with van der Waals surface area (Å²) in [5, 5.41) is 16.6. The normalized spacial score (nSPS) is 10.9. The van der Waals surface area contributed by atoms with Crippen LogP contribution >= 0.6 is 0 Å². The molecule has 0 unspecified atom stereocenters. The van der Waals surface area contributed by atoms with Crippen LogP contribution in [0.25, 0.3) is 5.65 Å². The molecule has 0 saturated heterocycles. The average Bonchev–Trinajstić information content (AvgIpc) is 2.61. The maximum absolute atomic E-state index is 10.4. The van der Waals surface area contributed by atoms with Crippen LogP contribution in [-0.2, 0) is 17.6 Å². The monoisotopic (exact) mass is 194 g/mol. The second-order valence-corrected chi connectivity index (χ2v) is 3.00. The van der Waals surface area contributed by atoms with Gasteiger partial charge >= 0.3 is 5.97 Å². The number of nitrogens with zero attached hydrogens (tertiary/aromatic N) is 3. The molecule has 0 bridgehead atoms. The number of carboxylic acids is 1. The Labute approximate surface area is 79.6 Å². The molecule has 0 aliphatic heterocycles. The van der Waals surface area contributed by atoms with Gasteiger partial charge in [0.15, 0.2) is 5.65 Å². The molecule has 2 N–H and O–H groups in total. The number of H-pyrrole nitrogens is 1. The van der Waals surface area contributed by atoms with Gasteiger partial charge in [0, 0.05) is 5.56 Å². The fraction of sp³-hybridized carbons (Fsp3) is 0.375. The van der Waals surface area contributed by atoms with Crippen molar-refractivity contribution in [3.63, 3.8) is 0 Å². The molecule has 0 fully saturated rings. The summed E-state index contributed by atoms with van der Waals surface area (Å²) in [6, 6.07) is 0. The molecule has 0 spiro atoms. The van der Waals surface area contributed by atoms with Gasteiger partial charge in [-0.2, -0.15) is 5.10 Å². The minimum Gasteiger partial charge on any atom is -0.481 e. The van der Waals surface area contributed by atoms with Crippen molar-refractivity contribution in [3.05, 3.63) is 17.6 Å². The molecular formula is C8H10N4O2. The van der Waals surface area contributed by atoms with E-state index in [0.29, 0.717) is 5.82 Å². The number of fused-ring (bicyclic) bond motifs is 1. The Morgan fingerprint density at radius 2 is 2.50 bits per heavy atom. The van der Waals surface area contributed by atoms with Crippen molar-refractivity contribution in [3.8, 4) is 0 Å². The van der Waals surface area contributed by atoms with Gasteiger partial charge in [0.1, 0.15) is 12.2 Å². The fourth-order valence-corrected chi connectivity index (χ4v) is 1.34. The predicted molar refractivity (Wildman–Crippen MR) is 48.1 cm³/mol. The van der Waals surface area contributed by atoms with Crippen LogP contribution in [0.2, 0.25) is 0 Å². The Hall–Kier alpha value is -1.85. The first-order valence-electron chi connectivity index (χ1n) is 4.34. The third-order valence-corrected chi connectivity index (χ3v) is 2.00. The molecule has 0 saturated carbocycles. The van der Waals surface area contributed by atoms with Gasteiger partial charge in [-0.25, -0.2) is 0 Å². The number of hydrogen-bond acceptors (Lipinski definition) is 3. The summed E-state index contributed by atoms with van der Waals surface area (Å²) in [6.45, 7) is 2.01. The molecule has 6 nitrogen and oxygen atoms in total. The highest BCUT2D eigenvalue weighted by Gasteiger charge is 2.10. The zero-order chi connectivity index (χ0) is 10.1. The van der Waals surface area contributed by atoms with E-state index in [9.17, 15) is 4.79 Å². The lowest BCUT2D eigenvalue weighted by Crippen LogP contribution is -2.02. The zero-order valence-electron chi connectivity index (χ0n) is 7.69. The van der Waals surface area contributed by atoms with Gasteiger partial charge in [0.05, 0.1) is 6.20 Å². The number of aryl methyl sites for hydroxylation is 1. The summed E-state index contributed by atoms with van der Waals surface area (Å²) in [5.41, 5.74) is 1.82. The molecule has 14 heavy (non-hydrogen) atoms. The van der Waals surface area contributed by atoms with Crippen molar-refractivity contribution in [2.45, 2.75) is 19.8 Å². The SMILES string of the molecule is CCc1cnn2nc(CC(=O)O)[nH]c12. The first kappa shape index (κ1) is 8.74. The smallest absolute Gasteiger partial charge is 0.311 e. The number of rotatable bonds is 3. The minimum atomic E-state index is -0.903. The quantitative estimate of drug-likeness (QED) is 0.733. The van der Waals surface area contributed by atoms with Crippen molar-refractivity contribution in [2.75, 3.05) is 0 Å². The van der Waals surface area contributed by atoms with Crippen molar-refractivity contribution in [1.82, 2.24) is 19.8 Å². The number of hydrogen-bond donors (Lipinski definition) is 2. The molecule has 2 rings (SSSR count). The van der Waals surface area contributed by atoms with Crippen molar-refractivity contribution in [1.29, 1.82) is 0 Å². The standard InChI is InChI=1S/C8H10N4O2/c1-2-5-4-9-12-8(5)10-6(11-12)3-7(13)14/h4H,2-3H2,1H3,(H,10,11)(H,13,14). The largest absolute Gasteiger partial charge is 0.481 e. The molecule has 0 aliphatic carbocycles. The van der Waals surface area contributed by atoms with Gasteiger partial charge in [-0.05, 0) is 6.42 Å².